The van der Waals surface area contributed by atoms with Crippen LogP contribution in [-0.2, 0) is 4.74 Å². The minimum absolute atomic E-state index is 0.0506. The van der Waals surface area contributed by atoms with Crippen molar-refractivity contribution >= 4 is 27.7 Å². The topological polar surface area (TPSA) is 72.8 Å². The van der Waals surface area contributed by atoms with Crippen molar-refractivity contribution in [2.24, 2.45) is 10.9 Å². The third-order valence-electron chi connectivity index (χ3n) is 5.58. The largest absolute Gasteiger partial charge is 0.484 e. The number of rotatable bonds is 8. The third kappa shape index (κ3) is 6.24. The summed E-state index contributed by atoms with van der Waals surface area (Å²) in [6, 6.07) is 1.20. The molecule has 2 atom stereocenters. The lowest BCUT2D eigenvalue weighted by atomic mass is 9.88. The number of aliphatic imine (C=N–C) groups is 1. The summed E-state index contributed by atoms with van der Waals surface area (Å²) >= 11 is 3.13. The fourth-order valence-corrected chi connectivity index (χ4v) is 3.54. The van der Waals surface area contributed by atoms with Gasteiger partial charge in [-0.05, 0) is 67.5 Å². The molecule has 1 saturated carbocycles. The molecule has 1 aliphatic rings. The SMILES string of the molecule is CC/C(C)=C(/N=C(C)OC)C(C)(NC(=O)c1cc(O[C@@H](C)C(F)(F)F)c(Br)cn1)C1CC1. The quantitative estimate of drug-likeness (QED) is 0.346. The van der Waals surface area contributed by atoms with E-state index in [1.807, 2.05) is 20.8 Å². The summed E-state index contributed by atoms with van der Waals surface area (Å²) in [5.74, 6) is 0.000212. The van der Waals surface area contributed by atoms with Gasteiger partial charge in [0.2, 0.25) is 0 Å². The van der Waals surface area contributed by atoms with Crippen LogP contribution in [0, 0.1) is 5.92 Å². The fourth-order valence-electron chi connectivity index (χ4n) is 3.23. The summed E-state index contributed by atoms with van der Waals surface area (Å²) in [5, 5.41) is 3.03. The maximum absolute atomic E-state index is 13.1. The van der Waals surface area contributed by atoms with Gasteiger partial charge < -0.3 is 14.8 Å². The van der Waals surface area contributed by atoms with Crippen molar-refractivity contribution in [1.82, 2.24) is 10.3 Å². The van der Waals surface area contributed by atoms with Crippen LogP contribution in [0.15, 0.2) is 33.0 Å². The van der Waals surface area contributed by atoms with E-state index in [-0.39, 0.29) is 21.8 Å². The average Bonchev–Trinajstić information content (AvgIpc) is 3.57. The molecule has 1 amide bonds. The third-order valence-corrected chi connectivity index (χ3v) is 6.17. The lowest BCUT2D eigenvalue weighted by molar-refractivity contribution is -0.189. The molecule has 10 heteroatoms. The second kappa shape index (κ2) is 10.2. The number of amides is 1. The molecule has 1 heterocycles. The number of aromatic nitrogens is 1. The lowest BCUT2D eigenvalue weighted by Crippen LogP contribution is -2.50. The van der Waals surface area contributed by atoms with Crippen LogP contribution >= 0.6 is 15.9 Å². The molecule has 0 bridgehead atoms. The number of carbonyl (C=O) groups is 1. The summed E-state index contributed by atoms with van der Waals surface area (Å²) in [7, 11) is 1.53. The molecule has 0 aliphatic heterocycles. The number of hydrogen-bond acceptors (Lipinski definition) is 5. The number of methoxy groups -OCH3 is 1. The molecule has 2 rings (SSSR count). The molecule has 1 fully saturated rings. The van der Waals surface area contributed by atoms with Gasteiger partial charge in [-0.25, -0.2) is 9.98 Å². The van der Waals surface area contributed by atoms with E-state index in [4.69, 9.17) is 9.47 Å². The molecule has 1 aromatic rings. The molecule has 0 spiro atoms. The maximum Gasteiger partial charge on any atom is 0.425 e. The first-order chi connectivity index (χ1) is 14.8. The number of alkyl halides is 3. The summed E-state index contributed by atoms with van der Waals surface area (Å²) in [6.45, 7) is 8.50. The van der Waals surface area contributed by atoms with Crippen molar-refractivity contribution in [3.8, 4) is 5.75 Å². The summed E-state index contributed by atoms with van der Waals surface area (Å²) in [4.78, 5) is 21.8. The van der Waals surface area contributed by atoms with Crippen LogP contribution in [0.3, 0.4) is 0 Å². The Morgan fingerprint density at radius 1 is 1.38 bits per heavy atom. The van der Waals surface area contributed by atoms with Crippen LogP contribution in [0.1, 0.15) is 64.4 Å². The van der Waals surface area contributed by atoms with E-state index in [9.17, 15) is 18.0 Å². The highest BCUT2D eigenvalue weighted by atomic mass is 79.9. The molecule has 1 unspecified atom stereocenters. The number of nitrogens with zero attached hydrogens (tertiary/aromatic N) is 2. The number of carbonyl (C=O) groups excluding carboxylic acids is 1. The number of nitrogens with one attached hydrogen (secondary N) is 1. The molecular formula is C22H29BrF3N3O3. The van der Waals surface area contributed by atoms with Gasteiger partial charge in [-0.3, -0.25) is 4.79 Å². The van der Waals surface area contributed by atoms with Crippen molar-refractivity contribution in [2.75, 3.05) is 7.11 Å². The normalized spacial score (nSPS) is 18.4. The Balaban J connectivity index is 2.39. The van der Waals surface area contributed by atoms with Gasteiger partial charge in [0, 0.05) is 19.2 Å². The second-order valence-corrected chi connectivity index (χ2v) is 8.90. The lowest BCUT2D eigenvalue weighted by Gasteiger charge is -2.33. The van der Waals surface area contributed by atoms with Gasteiger partial charge in [0.25, 0.3) is 5.91 Å². The Kier molecular flexibility index (Phi) is 8.36. The molecule has 6 nitrogen and oxygen atoms in total. The van der Waals surface area contributed by atoms with E-state index < -0.39 is 23.7 Å². The van der Waals surface area contributed by atoms with Crippen molar-refractivity contribution < 1.29 is 27.4 Å². The van der Waals surface area contributed by atoms with Crippen LogP contribution < -0.4 is 10.1 Å². The highest BCUT2D eigenvalue weighted by Crippen LogP contribution is 2.45. The number of ether oxygens (including phenoxy) is 2. The molecule has 1 aromatic heterocycles. The molecular weight excluding hydrogens is 491 g/mol. The predicted molar refractivity (Wildman–Crippen MR) is 120 cm³/mol. The van der Waals surface area contributed by atoms with E-state index >= 15 is 0 Å². The van der Waals surface area contributed by atoms with Crippen LogP contribution in [0.2, 0.25) is 0 Å². The van der Waals surface area contributed by atoms with Crippen molar-refractivity contribution in [1.29, 1.82) is 0 Å². The Morgan fingerprint density at radius 3 is 2.50 bits per heavy atom. The zero-order valence-electron chi connectivity index (χ0n) is 19.1. The first-order valence-corrected chi connectivity index (χ1v) is 11.1. The van der Waals surface area contributed by atoms with E-state index in [1.165, 1.54) is 19.4 Å². The van der Waals surface area contributed by atoms with Gasteiger partial charge >= 0.3 is 6.18 Å². The Morgan fingerprint density at radius 2 is 2.00 bits per heavy atom. The molecule has 0 radical (unpaired) electrons. The maximum atomic E-state index is 13.1. The van der Waals surface area contributed by atoms with Gasteiger partial charge in [-0.2, -0.15) is 13.2 Å². The first-order valence-electron chi connectivity index (χ1n) is 10.3. The fraction of sp³-hybridized carbons (Fsp3) is 0.591. The van der Waals surface area contributed by atoms with Crippen LogP contribution in [0.4, 0.5) is 13.2 Å². The zero-order chi connectivity index (χ0) is 24.3. The first kappa shape index (κ1) is 26.2. The van der Waals surface area contributed by atoms with Crippen LogP contribution in [0.25, 0.3) is 0 Å². The standard InChI is InChI=1S/C22H29BrF3N3O3/c1-7-12(2)19(28-14(4)31-6)21(5,15-8-9-15)29-20(30)17-10-18(16(23)11-27-17)32-13(3)22(24,25)26/h10-11,13,15H,7-9H2,1-6H3,(H,29,30)/b19-12+,28-14?/t13-,21?/m0/s1. The number of hydrogen-bond donors (Lipinski definition) is 1. The number of pyridine rings is 1. The molecule has 1 aliphatic carbocycles. The second-order valence-electron chi connectivity index (χ2n) is 8.05. The highest BCUT2D eigenvalue weighted by molar-refractivity contribution is 9.10. The van der Waals surface area contributed by atoms with Crippen LogP contribution in [-0.4, -0.2) is 41.7 Å². The smallest absolute Gasteiger partial charge is 0.425 e. The van der Waals surface area contributed by atoms with Gasteiger partial charge in [0.1, 0.15) is 11.4 Å². The van der Waals surface area contributed by atoms with E-state index in [0.29, 0.717) is 5.90 Å². The summed E-state index contributed by atoms with van der Waals surface area (Å²) in [5.41, 5.74) is 0.884. The Hall–Kier alpha value is -2.10. The van der Waals surface area contributed by atoms with Crippen molar-refractivity contribution in [2.45, 2.75) is 71.7 Å². The van der Waals surface area contributed by atoms with Crippen LogP contribution in [0.5, 0.6) is 5.75 Å². The number of halogens is 4. The molecule has 0 aromatic carbocycles. The van der Waals surface area contributed by atoms with Gasteiger partial charge in [-0.1, -0.05) is 6.92 Å². The number of allylic oxidation sites excluding steroid dienone is 1. The predicted octanol–water partition coefficient (Wildman–Crippen LogP) is 5.82. The Labute approximate surface area is 194 Å². The average molecular weight is 520 g/mol. The highest BCUT2D eigenvalue weighted by Gasteiger charge is 2.46. The van der Waals surface area contributed by atoms with E-state index in [2.05, 4.69) is 31.2 Å². The van der Waals surface area contributed by atoms with Crippen molar-refractivity contribution in [3.05, 3.63) is 33.7 Å². The van der Waals surface area contributed by atoms with Gasteiger partial charge in [0.15, 0.2) is 12.0 Å². The molecule has 0 saturated heterocycles. The van der Waals surface area contributed by atoms with Gasteiger partial charge in [0.05, 0.1) is 22.8 Å². The molecule has 178 valence electrons. The zero-order valence-corrected chi connectivity index (χ0v) is 20.6. The minimum atomic E-state index is -4.54. The van der Waals surface area contributed by atoms with Crippen molar-refractivity contribution in [3.63, 3.8) is 0 Å². The Bertz CT molecular complexity index is 913. The van der Waals surface area contributed by atoms with Gasteiger partial charge in [-0.15, -0.1) is 0 Å². The van der Waals surface area contributed by atoms with E-state index in [1.54, 1.807) is 6.92 Å². The molecule has 32 heavy (non-hydrogen) atoms. The monoisotopic (exact) mass is 519 g/mol. The minimum Gasteiger partial charge on any atom is -0.484 e. The summed E-state index contributed by atoms with van der Waals surface area (Å²) < 4.78 is 49.2. The molecule has 1 N–H and O–H groups in total. The summed E-state index contributed by atoms with van der Waals surface area (Å²) in [6.07, 6.45) is -2.75. The van der Waals surface area contributed by atoms with E-state index in [0.717, 1.165) is 37.5 Å².